The predicted octanol–water partition coefficient (Wildman–Crippen LogP) is 1.53. The lowest BCUT2D eigenvalue weighted by molar-refractivity contribution is -0.121. The smallest absolute Gasteiger partial charge is 0.224 e. The number of benzene rings is 1. The maximum absolute atomic E-state index is 11.9. The number of methoxy groups -OCH3 is 1. The van der Waals surface area contributed by atoms with Crippen LogP contribution in [0.15, 0.2) is 24.3 Å². The SMILES string of the molecule is COc1ccccc1CC(=O)NC1CCOCC1. The molecule has 0 aromatic heterocycles. The van der Waals surface area contributed by atoms with Gasteiger partial charge in [-0.3, -0.25) is 4.79 Å². The molecule has 0 unspecified atom stereocenters. The van der Waals surface area contributed by atoms with Crippen LogP contribution in [0.2, 0.25) is 0 Å². The molecule has 0 atom stereocenters. The van der Waals surface area contributed by atoms with Crippen molar-refractivity contribution in [2.24, 2.45) is 0 Å². The number of amides is 1. The van der Waals surface area contributed by atoms with Gasteiger partial charge >= 0.3 is 0 Å². The van der Waals surface area contributed by atoms with E-state index in [0.29, 0.717) is 6.42 Å². The Hall–Kier alpha value is -1.55. The zero-order valence-electron chi connectivity index (χ0n) is 10.6. The van der Waals surface area contributed by atoms with Crippen molar-refractivity contribution in [1.29, 1.82) is 0 Å². The highest BCUT2D eigenvalue weighted by Crippen LogP contribution is 2.18. The molecule has 1 aliphatic heterocycles. The van der Waals surface area contributed by atoms with Gasteiger partial charge in [0, 0.05) is 24.8 Å². The molecule has 1 saturated heterocycles. The summed E-state index contributed by atoms with van der Waals surface area (Å²) in [6, 6.07) is 7.86. The largest absolute Gasteiger partial charge is 0.496 e. The molecule has 1 N–H and O–H groups in total. The average Bonchev–Trinajstić information content (AvgIpc) is 2.40. The summed E-state index contributed by atoms with van der Waals surface area (Å²) in [4.78, 5) is 11.9. The fourth-order valence-electron chi connectivity index (χ4n) is 2.14. The summed E-state index contributed by atoms with van der Waals surface area (Å²) in [7, 11) is 1.62. The van der Waals surface area contributed by atoms with E-state index >= 15 is 0 Å². The summed E-state index contributed by atoms with van der Waals surface area (Å²) in [6.45, 7) is 1.47. The van der Waals surface area contributed by atoms with Gasteiger partial charge in [-0.25, -0.2) is 0 Å². The number of carbonyl (C=O) groups excluding carboxylic acids is 1. The Morgan fingerprint density at radius 3 is 2.83 bits per heavy atom. The van der Waals surface area contributed by atoms with Crippen LogP contribution in [0, 0.1) is 0 Å². The van der Waals surface area contributed by atoms with E-state index in [0.717, 1.165) is 37.4 Å². The zero-order valence-corrected chi connectivity index (χ0v) is 10.6. The highest BCUT2D eigenvalue weighted by molar-refractivity contribution is 5.79. The van der Waals surface area contributed by atoms with Crippen LogP contribution < -0.4 is 10.1 Å². The molecule has 0 saturated carbocycles. The fraction of sp³-hybridized carbons (Fsp3) is 0.500. The van der Waals surface area contributed by atoms with E-state index in [1.807, 2.05) is 24.3 Å². The van der Waals surface area contributed by atoms with Crippen molar-refractivity contribution in [3.8, 4) is 5.75 Å². The second-order valence-electron chi connectivity index (χ2n) is 4.44. The van der Waals surface area contributed by atoms with E-state index < -0.39 is 0 Å². The third kappa shape index (κ3) is 3.47. The van der Waals surface area contributed by atoms with Gasteiger partial charge in [0.2, 0.25) is 5.91 Å². The Balaban J connectivity index is 1.90. The van der Waals surface area contributed by atoms with Crippen LogP contribution in [0.3, 0.4) is 0 Å². The molecule has 1 aromatic rings. The fourth-order valence-corrected chi connectivity index (χ4v) is 2.14. The third-order valence-corrected chi connectivity index (χ3v) is 3.13. The minimum absolute atomic E-state index is 0.0476. The molecule has 0 aliphatic carbocycles. The zero-order chi connectivity index (χ0) is 12.8. The van der Waals surface area contributed by atoms with E-state index in [1.165, 1.54) is 0 Å². The Morgan fingerprint density at radius 2 is 2.11 bits per heavy atom. The molecular weight excluding hydrogens is 230 g/mol. The van der Waals surface area contributed by atoms with Crippen LogP contribution in [0.5, 0.6) is 5.75 Å². The Morgan fingerprint density at radius 1 is 1.39 bits per heavy atom. The Labute approximate surface area is 107 Å². The number of ether oxygens (including phenoxy) is 2. The molecule has 4 heteroatoms. The summed E-state index contributed by atoms with van der Waals surface area (Å²) in [5, 5.41) is 3.04. The number of carbonyl (C=O) groups is 1. The number of hydrogen-bond donors (Lipinski definition) is 1. The summed E-state index contributed by atoms with van der Waals surface area (Å²) in [6.07, 6.45) is 2.16. The van der Waals surface area contributed by atoms with Crippen LogP contribution in [0.1, 0.15) is 18.4 Å². The van der Waals surface area contributed by atoms with Crippen LogP contribution >= 0.6 is 0 Å². The first-order chi connectivity index (χ1) is 8.79. The van der Waals surface area contributed by atoms with Gasteiger partial charge in [-0.1, -0.05) is 18.2 Å². The minimum Gasteiger partial charge on any atom is -0.496 e. The van der Waals surface area contributed by atoms with Gasteiger partial charge in [0.15, 0.2) is 0 Å². The monoisotopic (exact) mass is 249 g/mol. The predicted molar refractivity (Wildman–Crippen MR) is 68.7 cm³/mol. The number of para-hydroxylation sites is 1. The van der Waals surface area contributed by atoms with Gasteiger partial charge in [-0.05, 0) is 18.9 Å². The van der Waals surface area contributed by atoms with Crippen LogP contribution in [-0.4, -0.2) is 32.3 Å². The molecule has 98 valence electrons. The molecule has 1 heterocycles. The summed E-state index contributed by atoms with van der Waals surface area (Å²) >= 11 is 0. The van der Waals surface area contributed by atoms with Gasteiger partial charge in [-0.15, -0.1) is 0 Å². The topological polar surface area (TPSA) is 47.6 Å². The van der Waals surface area contributed by atoms with Crippen LogP contribution in [-0.2, 0) is 16.0 Å². The van der Waals surface area contributed by atoms with Gasteiger partial charge in [-0.2, -0.15) is 0 Å². The molecule has 18 heavy (non-hydrogen) atoms. The minimum atomic E-state index is 0.0476. The second kappa shape index (κ2) is 6.40. The molecule has 0 bridgehead atoms. The van der Waals surface area contributed by atoms with Crippen LogP contribution in [0.4, 0.5) is 0 Å². The van der Waals surface area contributed by atoms with Crippen molar-refractivity contribution < 1.29 is 14.3 Å². The molecule has 1 amide bonds. The molecule has 1 aromatic carbocycles. The summed E-state index contributed by atoms with van der Waals surface area (Å²) < 4.78 is 10.5. The first-order valence-corrected chi connectivity index (χ1v) is 6.28. The highest BCUT2D eigenvalue weighted by atomic mass is 16.5. The number of rotatable bonds is 4. The second-order valence-corrected chi connectivity index (χ2v) is 4.44. The maximum Gasteiger partial charge on any atom is 0.224 e. The lowest BCUT2D eigenvalue weighted by Crippen LogP contribution is -2.39. The quantitative estimate of drug-likeness (QED) is 0.880. The van der Waals surface area contributed by atoms with Crippen molar-refractivity contribution in [1.82, 2.24) is 5.32 Å². The molecule has 0 spiro atoms. The highest BCUT2D eigenvalue weighted by Gasteiger charge is 2.16. The van der Waals surface area contributed by atoms with Gasteiger partial charge < -0.3 is 14.8 Å². The van der Waals surface area contributed by atoms with E-state index in [1.54, 1.807) is 7.11 Å². The summed E-state index contributed by atoms with van der Waals surface area (Å²) in [5.41, 5.74) is 0.921. The third-order valence-electron chi connectivity index (χ3n) is 3.13. The molecule has 0 radical (unpaired) electrons. The van der Waals surface area contributed by atoms with Crippen LogP contribution in [0.25, 0.3) is 0 Å². The van der Waals surface area contributed by atoms with Crippen molar-refractivity contribution in [2.45, 2.75) is 25.3 Å². The number of hydrogen-bond acceptors (Lipinski definition) is 3. The van der Waals surface area contributed by atoms with Crippen molar-refractivity contribution in [3.63, 3.8) is 0 Å². The van der Waals surface area contributed by atoms with E-state index in [2.05, 4.69) is 5.32 Å². The van der Waals surface area contributed by atoms with Gasteiger partial charge in [0.25, 0.3) is 0 Å². The summed E-state index contributed by atoms with van der Waals surface area (Å²) in [5.74, 6) is 0.811. The Kier molecular flexibility index (Phi) is 4.59. The molecule has 4 nitrogen and oxygen atoms in total. The molecular formula is C14H19NO3. The lowest BCUT2D eigenvalue weighted by Gasteiger charge is -2.23. The lowest BCUT2D eigenvalue weighted by atomic mass is 10.1. The van der Waals surface area contributed by atoms with E-state index in [9.17, 15) is 4.79 Å². The van der Waals surface area contributed by atoms with Crippen molar-refractivity contribution in [3.05, 3.63) is 29.8 Å². The molecule has 1 fully saturated rings. The molecule has 1 aliphatic rings. The number of nitrogens with one attached hydrogen (secondary N) is 1. The van der Waals surface area contributed by atoms with E-state index in [-0.39, 0.29) is 11.9 Å². The van der Waals surface area contributed by atoms with Crippen molar-refractivity contribution >= 4 is 5.91 Å². The average molecular weight is 249 g/mol. The Bertz CT molecular complexity index is 400. The van der Waals surface area contributed by atoms with Gasteiger partial charge in [0.1, 0.15) is 5.75 Å². The normalized spacial score (nSPS) is 16.3. The standard InChI is InChI=1S/C14H19NO3/c1-17-13-5-3-2-4-11(13)10-14(16)15-12-6-8-18-9-7-12/h2-5,12H,6-10H2,1H3,(H,15,16). The first-order valence-electron chi connectivity index (χ1n) is 6.28. The van der Waals surface area contributed by atoms with E-state index in [4.69, 9.17) is 9.47 Å². The van der Waals surface area contributed by atoms with Gasteiger partial charge in [0.05, 0.1) is 13.5 Å². The maximum atomic E-state index is 11.9. The first kappa shape index (κ1) is 12.9. The molecule has 2 rings (SSSR count). The van der Waals surface area contributed by atoms with Crippen molar-refractivity contribution in [2.75, 3.05) is 20.3 Å².